The summed E-state index contributed by atoms with van der Waals surface area (Å²) in [6, 6.07) is 3.25. The third-order valence-electron chi connectivity index (χ3n) is 2.61. The monoisotopic (exact) mass is 289 g/mol. The van der Waals surface area contributed by atoms with E-state index >= 15 is 0 Å². The topological polar surface area (TPSA) is 77.1 Å². The van der Waals surface area contributed by atoms with Crippen LogP contribution < -0.4 is 10.3 Å². The van der Waals surface area contributed by atoms with Gasteiger partial charge in [-0.25, -0.2) is 4.98 Å². The van der Waals surface area contributed by atoms with Gasteiger partial charge in [0.15, 0.2) is 0 Å². The number of nitrogens with zero attached hydrogens (tertiary/aromatic N) is 2. The van der Waals surface area contributed by atoms with Crippen molar-refractivity contribution in [3.8, 4) is 17.0 Å². The average molecular weight is 289 g/mol. The zero-order valence-corrected chi connectivity index (χ0v) is 12.4. The van der Waals surface area contributed by atoms with Gasteiger partial charge in [-0.2, -0.15) is 0 Å². The molecule has 21 heavy (non-hydrogen) atoms. The van der Waals surface area contributed by atoms with E-state index < -0.39 is 0 Å². The second kappa shape index (κ2) is 6.99. The van der Waals surface area contributed by atoms with Crippen molar-refractivity contribution in [2.75, 3.05) is 6.61 Å². The highest BCUT2D eigenvalue weighted by Gasteiger charge is 2.07. The zero-order chi connectivity index (χ0) is 15.2. The van der Waals surface area contributed by atoms with Crippen LogP contribution in [0.5, 0.6) is 5.75 Å². The summed E-state index contributed by atoms with van der Waals surface area (Å²) in [6.07, 6.45) is 3.35. The molecule has 6 heteroatoms. The number of pyridine rings is 1. The highest BCUT2D eigenvalue weighted by molar-refractivity contribution is 5.59. The molecule has 0 aliphatic carbocycles. The zero-order valence-electron chi connectivity index (χ0n) is 12.4. The molecule has 0 unspecified atom stereocenters. The molecule has 0 bridgehead atoms. The number of aromatic nitrogens is 3. The minimum Gasteiger partial charge on any atom is -0.489 e. The van der Waals surface area contributed by atoms with E-state index in [1.54, 1.807) is 12.4 Å². The van der Waals surface area contributed by atoms with Crippen molar-refractivity contribution in [3.63, 3.8) is 0 Å². The standard InChI is InChI=1S/C15H19N3O3/c1-4-20-9-14-17-13(6-15(19)18-14)11-5-12(8-16-7-11)21-10(2)3/h5-8,10H,4,9H2,1-3H3,(H,17,18,19). The smallest absolute Gasteiger partial charge is 0.251 e. The summed E-state index contributed by atoms with van der Waals surface area (Å²) in [7, 11) is 0. The predicted octanol–water partition coefficient (Wildman–Crippen LogP) is 2.16. The summed E-state index contributed by atoms with van der Waals surface area (Å²) in [5, 5.41) is 0. The molecule has 0 aliphatic rings. The quantitative estimate of drug-likeness (QED) is 0.881. The number of aromatic amines is 1. The van der Waals surface area contributed by atoms with Crippen LogP contribution in [0.15, 0.2) is 29.3 Å². The molecule has 1 N–H and O–H groups in total. The molecule has 0 atom stereocenters. The van der Waals surface area contributed by atoms with Crippen LogP contribution in [-0.2, 0) is 11.3 Å². The Balaban J connectivity index is 2.32. The molecule has 2 aromatic rings. The molecule has 0 saturated heterocycles. The van der Waals surface area contributed by atoms with Crippen molar-refractivity contribution in [1.29, 1.82) is 0 Å². The molecule has 6 nitrogen and oxygen atoms in total. The van der Waals surface area contributed by atoms with Crippen molar-refractivity contribution in [2.45, 2.75) is 33.5 Å². The maximum atomic E-state index is 11.7. The van der Waals surface area contributed by atoms with Gasteiger partial charge in [0.2, 0.25) is 0 Å². The Hall–Kier alpha value is -2.21. The van der Waals surface area contributed by atoms with E-state index in [4.69, 9.17) is 9.47 Å². The van der Waals surface area contributed by atoms with Crippen LogP contribution >= 0.6 is 0 Å². The maximum Gasteiger partial charge on any atom is 0.251 e. The molecule has 0 saturated carbocycles. The van der Waals surface area contributed by atoms with Crippen LogP contribution in [0.3, 0.4) is 0 Å². The molecular formula is C15H19N3O3. The van der Waals surface area contributed by atoms with Gasteiger partial charge in [-0.3, -0.25) is 9.78 Å². The van der Waals surface area contributed by atoms with Crippen LogP contribution in [0.2, 0.25) is 0 Å². The van der Waals surface area contributed by atoms with Gasteiger partial charge in [-0.1, -0.05) is 0 Å². The van der Waals surface area contributed by atoms with Crippen LogP contribution in [0.25, 0.3) is 11.3 Å². The molecule has 2 aromatic heterocycles. The Morgan fingerprint density at radius 1 is 1.29 bits per heavy atom. The summed E-state index contributed by atoms with van der Waals surface area (Å²) < 4.78 is 10.9. The number of H-pyrrole nitrogens is 1. The minimum atomic E-state index is -0.218. The fraction of sp³-hybridized carbons (Fsp3) is 0.400. The van der Waals surface area contributed by atoms with E-state index in [1.807, 2.05) is 26.8 Å². The Morgan fingerprint density at radius 3 is 2.81 bits per heavy atom. The van der Waals surface area contributed by atoms with Crippen molar-refractivity contribution >= 4 is 0 Å². The van der Waals surface area contributed by atoms with Crippen LogP contribution in [0, 0.1) is 0 Å². The molecule has 0 aromatic carbocycles. The summed E-state index contributed by atoms with van der Waals surface area (Å²) in [4.78, 5) is 22.9. The average Bonchev–Trinajstić information content (AvgIpc) is 2.44. The summed E-state index contributed by atoms with van der Waals surface area (Å²) >= 11 is 0. The Bertz CT molecular complexity index is 653. The first kappa shape index (κ1) is 15.2. The number of nitrogens with one attached hydrogen (secondary N) is 1. The SMILES string of the molecule is CCOCc1nc(-c2cncc(OC(C)C)c2)cc(=O)[nH]1. The second-order valence-electron chi connectivity index (χ2n) is 4.79. The van der Waals surface area contributed by atoms with E-state index in [0.717, 1.165) is 5.56 Å². The number of hydrogen-bond donors (Lipinski definition) is 1. The first-order valence-electron chi connectivity index (χ1n) is 6.88. The Kier molecular flexibility index (Phi) is 5.05. The van der Waals surface area contributed by atoms with Crippen LogP contribution in [-0.4, -0.2) is 27.7 Å². The summed E-state index contributed by atoms with van der Waals surface area (Å²) in [5.41, 5.74) is 1.07. The predicted molar refractivity (Wildman–Crippen MR) is 79.2 cm³/mol. The van der Waals surface area contributed by atoms with Gasteiger partial charge in [0.05, 0.1) is 18.0 Å². The minimum absolute atomic E-state index is 0.0581. The molecule has 0 amide bonds. The van der Waals surface area contributed by atoms with Crippen molar-refractivity contribution in [2.24, 2.45) is 0 Å². The van der Waals surface area contributed by atoms with Crippen LogP contribution in [0.4, 0.5) is 0 Å². The van der Waals surface area contributed by atoms with Gasteiger partial charge in [0, 0.05) is 24.4 Å². The normalized spacial score (nSPS) is 10.9. The number of hydrogen-bond acceptors (Lipinski definition) is 5. The highest BCUT2D eigenvalue weighted by Crippen LogP contribution is 2.20. The van der Waals surface area contributed by atoms with Gasteiger partial charge in [0.25, 0.3) is 5.56 Å². The van der Waals surface area contributed by atoms with E-state index in [2.05, 4.69) is 15.0 Å². The summed E-state index contributed by atoms with van der Waals surface area (Å²) in [6.45, 7) is 6.61. The van der Waals surface area contributed by atoms with Gasteiger partial charge in [0.1, 0.15) is 18.2 Å². The second-order valence-corrected chi connectivity index (χ2v) is 4.79. The maximum absolute atomic E-state index is 11.7. The Morgan fingerprint density at radius 2 is 2.10 bits per heavy atom. The fourth-order valence-electron chi connectivity index (χ4n) is 1.82. The van der Waals surface area contributed by atoms with E-state index in [0.29, 0.717) is 23.9 Å². The van der Waals surface area contributed by atoms with Crippen LogP contribution in [0.1, 0.15) is 26.6 Å². The lowest BCUT2D eigenvalue weighted by molar-refractivity contribution is 0.128. The van der Waals surface area contributed by atoms with Gasteiger partial charge in [-0.05, 0) is 26.8 Å². The first-order valence-corrected chi connectivity index (χ1v) is 6.88. The first-order chi connectivity index (χ1) is 10.1. The largest absolute Gasteiger partial charge is 0.489 e. The number of rotatable bonds is 6. The molecule has 0 fully saturated rings. The van der Waals surface area contributed by atoms with Crippen molar-refractivity contribution in [3.05, 3.63) is 40.7 Å². The highest BCUT2D eigenvalue weighted by atomic mass is 16.5. The molecule has 0 spiro atoms. The molecule has 2 heterocycles. The van der Waals surface area contributed by atoms with Crippen molar-refractivity contribution < 1.29 is 9.47 Å². The van der Waals surface area contributed by atoms with Gasteiger partial charge in [-0.15, -0.1) is 0 Å². The number of ether oxygens (including phenoxy) is 2. The fourth-order valence-corrected chi connectivity index (χ4v) is 1.82. The van der Waals surface area contributed by atoms with E-state index in [9.17, 15) is 4.79 Å². The van der Waals surface area contributed by atoms with Crippen molar-refractivity contribution in [1.82, 2.24) is 15.0 Å². The summed E-state index contributed by atoms with van der Waals surface area (Å²) in [5.74, 6) is 1.14. The third kappa shape index (κ3) is 4.39. The lowest BCUT2D eigenvalue weighted by Gasteiger charge is -2.10. The third-order valence-corrected chi connectivity index (χ3v) is 2.61. The lowest BCUT2D eigenvalue weighted by Crippen LogP contribution is -2.12. The van der Waals surface area contributed by atoms with Gasteiger partial charge >= 0.3 is 0 Å². The van der Waals surface area contributed by atoms with E-state index in [-0.39, 0.29) is 18.3 Å². The molecule has 112 valence electrons. The van der Waals surface area contributed by atoms with Gasteiger partial charge < -0.3 is 14.5 Å². The molecule has 0 aliphatic heterocycles. The molecular weight excluding hydrogens is 270 g/mol. The van der Waals surface area contributed by atoms with E-state index in [1.165, 1.54) is 6.07 Å². The lowest BCUT2D eigenvalue weighted by atomic mass is 10.2. The Labute approximate surface area is 123 Å². The molecule has 0 radical (unpaired) electrons. The molecule has 2 rings (SSSR count).